The summed E-state index contributed by atoms with van der Waals surface area (Å²) in [6.07, 6.45) is 3.93. The van der Waals surface area contributed by atoms with Crippen LogP contribution in [0.2, 0.25) is 0 Å². The second-order valence-electron chi connectivity index (χ2n) is 3.23. The summed E-state index contributed by atoms with van der Waals surface area (Å²) >= 11 is 2.22. The molecule has 1 aromatic heterocycles. The van der Waals surface area contributed by atoms with E-state index >= 15 is 0 Å². The van der Waals surface area contributed by atoms with Crippen LogP contribution in [0, 0.1) is 3.70 Å². The molecule has 72 valence electrons. The predicted octanol–water partition coefficient (Wildman–Crippen LogP) is 3.10. The van der Waals surface area contributed by atoms with E-state index in [-0.39, 0.29) is 0 Å². The fourth-order valence-corrected chi connectivity index (χ4v) is 1.87. The number of nitrogens with zero attached hydrogens (tertiary/aromatic N) is 2. The van der Waals surface area contributed by atoms with Gasteiger partial charge in [-0.15, -0.1) is 0 Å². The fraction of sp³-hybridized carbons (Fsp3) is 0.182. The first kappa shape index (κ1) is 9.71. The standard InChI is InChI=1S/C11H11IN2/c1-9(10-5-3-2-4-6-10)14-7-11(12)13-8-14/h2-9H,1H3. The molecular formula is C11H11IN2. The third kappa shape index (κ3) is 1.97. The highest BCUT2D eigenvalue weighted by Gasteiger charge is 2.06. The average Bonchev–Trinajstić information content (AvgIpc) is 2.65. The molecule has 3 heteroatoms. The SMILES string of the molecule is CC(c1ccccc1)n1cnc(I)c1. The zero-order valence-electron chi connectivity index (χ0n) is 7.89. The summed E-state index contributed by atoms with van der Waals surface area (Å²) < 4.78 is 3.15. The van der Waals surface area contributed by atoms with E-state index in [0.29, 0.717) is 6.04 Å². The van der Waals surface area contributed by atoms with E-state index < -0.39 is 0 Å². The maximum atomic E-state index is 4.21. The first-order chi connectivity index (χ1) is 6.77. The van der Waals surface area contributed by atoms with Crippen molar-refractivity contribution in [1.82, 2.24) is 9.55 Å². The van der Waals surface area contributed by atoms with Crippen LogP contribution in [0.4, 0.5) is 0 Å². The van der Waals surface area contributed by atoms with Gasteiger partial charge in [0.1, 0.15) is 3.70 Å². The molecule has 1 unspecified atom stereocenters. The van der Waals surface area contributed by atoms with Gasteiger partial charge < -0.3 is 4.57 Å². The lowest BCUT2D eigenvalue weighted by Crippen LogP contribution is -2.03. The first-order valence-corrected chi connectivity index (χ1v) is 5.59. The molecule has 0 N–H and O–H groups in total. The van der Waals surface area contributed by atoms with Gasteiger partial charge in [-0.1, -0.05) is 30.3 Å². The topological polar surface area (TPSA) is 17.8 Å². The van der Waals surface area contributed by atoms with E-state index in [9.17, 15) is 0 Å². The van der Waals surface area contributed by atoms with E-state index in [1.54, 1.807) is 0 Å². The van der Waals surface area contributed by atoms with Gasteiger partial charge in [0.2, 0.25) is 0 Å². The van der Waals surface area contributed by atoms with Crippen LogP contribution in [-0.4, -0.2) is 9.55 Å². The molecular weight excluding hydrogens is 287 g/mol. The summed E-state index contributed by atoms with van der Waals surface area (Å²) in [7, 11) is 0. The van der Waals surface area contributed by atoms with Gasteiger partial charge in [0.05, 0.1) is 12.4 Å². The number of halogens is 1. The Morgan fingerprint density at radius 2 is 2.00 bits per heavy atom. The van der Waals surface area contributed by atoms with Gasteiger partial charge in [-0.05, 0) is 35.1 Å². The molecule has 0 aliphatic carbocycles. The quantitative estimate of drug-likeness (QED) is 0.779. The van der Waals surface area contributed by atoms with Gasteiger partial charge in [-0.2, -0.15) is 0 Å². The summed E-state index contributed by atoms with van der Waals surface area (Å²) in [5.74, 6) is 0. The predicted molar refractivity (Wildman–Crippen MR) is 65.2 cm³/mol. The van der Waals surface area contributed by atoms with Crippen molar-refractivity contribution in [1.29, 1.82) is 0 Å². The van der Waals surface area contributed by atoms with Gasteiger partial charge in [0, 0.05) is 6.20 Å². The molecule has 2 rings (SSSR count). The van der Waals surface area contributed by atoms with Gasteiger partial charge in [0.15, 0.2) is 0 Å². The Morgan fingerprint density at radius 1 is 1.29 bits per heavy atom. The average molecular weight is 298 g/mol. The van der Waals surface area contributed by atoms with Gasteiger partial charge in [0.25, 0.3) is 0 Å². The zero-order chi connectivity index (χ0) is 9.97. The van der Waals surface area contributed by atoms with Crippen LogP contribution < -0.4 is 0 Å². The third-order valence-electron chi connectivity index (χ3n) is 2.30. The van der Waals surface area contributed by atoms with E-state index in [0.717, 1.165) is 3.70 Å². The highest BCUT2D eigenvalue weighted by molar-refractivity contribution is 14.1. The number of benzene rings is 1. The largest absolute Gasteiger partial charge is 0.329 e. The smallest absolute Gasteiger partial charge is 0.119 e. The van der Waals surface area contributed by atoms with E-state index in [1.165, 1.54) is 5.56 Å². The summed E-state index contributed by atoms with van der Waals surface area (Å²) in [5.41, 5.74) is 1.31. The van der Waals surface area contributed by atoms with Crippen molar-refractivity contribution in [3.63, 3.8) is 0 Å². The molecule has 1 atom stereocenters. The van der Waals surface area contributed by atoms with Crippen molar-refractivity contribution in [3.05, 3.63) is 52.1 Å². The lowest BCUT2D eigenvalue weighted by molar-refractivity contribution is 0.638. The van der Waals surface area contributed by atoms with Crippen LogP contribution in [0.15, 0.2) is 42.9 Å². The highest BCUT2D eigenvalue weighted by Crippen LogP contribution is 2.17. The van der Waals surface area contributed by atoms with Crippen molar-refractivity contribution in [2.45, 2.75) is 13.0 Å². The van der Waals surface area contributed by atoms with Crippen molar-refractivity contribution in [2.24, 2.45) is 0 Å². The number of hydrogen-bond donors (Lipinski definition) is 0. The molecule has 0 fully saturated rings. The molecule has 0 saturated heterocycles. The summed E-state index contributed by atoms with van der Waals surface area (Å²) in [6, 6.07) is 10.8. The Bertz CT molecular complexity index is 408. The van der Waals surface area contributed by atoms with Crippen LogP contribution in [-0.2, 0) is 0 Å². The van der Waals surface area contributed by atoms with E-state index in [2.05, 4.69) is 69.5 Å². The maximum Gasteiger partial charge on any atom is 0.119 e. The van der Waals surface area contributed by atoms with Crippen molar-refractivity contribution in [2.75, 3.05) is 0 Å². The molecule has 2 nitrogen and oxygen atoms in total. The van der Waals surface area contributed by atoms with Crippen LogP contribution in [0.5, 0.6) is 0 Å². The zero-order valence-corrected chi connectivity index (χ0v) is 10.0. The third-order valence-corrected chi connectivity index (χ3v) is 2.86. The molecule has 0 radical (unpaired) electrons. The lowest BCUT2D eigenvalue weighted by Gasteiger charge is -2.12. The molecule has 1 heterocycles. The molecule has 1 aromatic carbocycles. The molecule has 0 saturated carbocycles. The number of rotatable bonds is 2. The Labute approximate surface area is 97.1 Å². The minimum absolute atomic E-state index is 0.354. The maximum absolute atomic E-state index is 4.21. The molecule has 0 amide bonds. The van der Waals surface area contributed by atoms with Crippen LogP contribution in [0.3, 0.4) is 0 Å². The fourth-order valence-electron chi connectivity index (χ4n) is 1.43. The Balaban J connectivity index is 2.29. The molecule has 14 heavy (non-hydrogen) atoms. The number of imidazole rings is 1. The van der Waals surface area contributed by atoms with Crippen molar-refractivity contribution < 1.29 is 0 Å². The molecule has 2 aromatic rings. The molecule has 0 aliphatic heterocycles. The first-order valence-electron chi connectivity index (χ1n) is 4.51. The van der Waals surface area contributed by atoms with Crippen molar-refractivity contribution >= 4 is 22.6 Å². The van der Waals surface area contributed by atoms with Crippen LogP contribution >= 0.6 is 22.6 Å². The summed E-state index contributed by atoms with van der Waals surface area (Å²) in [6.45, 7) is 2.17. The molecule has 0 bridgehead atoms. The van der Waals surface area contributed by atoms with Crippen molar-refractivity contribution in [3.8, 4) is 0 Å². The number of aromatic nitrogens is 2. The van der Waals surface area contributed by atoms with E-state index in [1.807, 2.05) is 12.4 Å². The van der Waals surface area contributed by atoms with E-state index in [4.69, 9.17) is 0 Å². The summed E-state index contributed by atoms with van der Waals surface area (Å²) in [5, 5.41) is 0. The minimum atomic E-state index is 0.354. The van der Waals surface area contributed by atoms with Gasteiger partial charge in [-0.25, -0.2) is 4.98 Å². The minimum Gasteiger partial charge on any atom is -0.329 e. The van der Waals surface area contributed by atoms with Crippen LogP contribution in [0.25, 0.3) is 0 Å². The second-order valence-corrected chi connectivity index (χ2v) is 4.34. The second kappa shape index (κ2) is 4.13. The molecule has 0 aliphatic rings. The van der Waals surface area contributed by atoms with Crippen LogP contribution in [0.1, 0.15) is 18.5 Å². The lowest BCUT2D eigenvalue weighted by atomic mass is 10.1. The Hall–Kier alpha value is -0.840. The Kier molecular flexibility index (Phi) is 2.86. The highest BCUT2D eigenvalue weighted by atomic mass is 127. The van der Waals surface area contributed by atoms with Gasteiger partial charge in [-0.3, -0.25) is 0 Å². The monoisotopic (exact) mass is 298 g/mol. The Morgan fingerprint density at radius 3 is 2.57 bits per heavy atom. The summed E-state index contributed by atoms with van der Waals surface area (Å²) in [4.78, 5) is 4.21. The van der Waals surface area contributed by atoms with Gasteiger partial charge >= 0.3 is 0 Å². The normalized spacial score (nSPS) is 12.7. The number of hydrogen-bond acceptors (Lipinski definition) is 1. The molecule has 0 spiro atoms.